The molecule has 0 amide bonds. The van der Waals surface area contributed by atoms with Crippen molar-refractivity contribution in [2.24, 2.45) is 0 Å². The Hall–Kier alpha value is -0.440. The van der Waals surface area contributed by atoms with E-state index >= 15 is 0 Å². The van der Waals surface area contributed by atoms with Crippen molar-refractivity contribution in [3.8, 4) is 0 Å². The van der Waals surface area contributed by atoms with Crippen LogP contribution < -0.4 is 0 Å². The Kier molecular flexibility index (Phi) is 6.83. The van der Waals surface area contributed by atoms with Crippen LogP contribution in [0.5, 0.6) is 0 Å². The zero-order valence-corrected chi connectivity index (χ0v) is 15.7. The summed E-state index contributed by atoms with van der Waals surface area (Å²) in [6, 6.07) is 4.68. The van der Waals surface area contributed by atoms with E-state index in [1.807, 2.05) is 0 Å². The average molecular weight is 443 g/mol. The van der Waals surface area contributed by atoms with Crippen LogP contribution >= 0.6 is 31.9 Å². The molecule has 0 radical (unpaired) electrons. The Balaban J connectivity index is 3.10. The van der Waals surface area contributed by atoms with Crippen molar-refractivity contribution in [2.75, 3.05) is 6.54 Å². The largest absolute Gasteiger partial charge is 0.481 e. The molecule has 1 aromatic rings. The Morgan fingerprint density at radius 1 is 1.33 bits per heavy atom. The van der Waals surface area contributed by atoms with Gasteiger partial charge in [0.15, 0.2) is 0 Å². The number of hydrogen-bond donors (Lipinski definition) is 1. The maximum atomic E-state index is 12.8. The van der Waals surface area contributed by atoms with Crippen LogP contribution in [0.2, 0.25) is 0 Å². The summed E-state index contributed by atoms with van der Waals surface area (Å²) >= 11 is 6.52. The molecule has 0 atom stereocenters. The molecule has 0 saturated heterocycles. The number of benzene rings is 1. The van der Waals surface area contributed by atoms with Crippen molar-refractivity contribution >= 4 is 47.9 Å². The molecule has 0 aliphatic rings. The van der Waals surface area contributed by atoms with E-state index in [0.29, 0.717) is 8.95 Å². The van der Waals surface area contributed by atoms with E-state index < -0.39 is 16.0 Å². The van der Waals surface area contributed by atoms with E-state index in [9.17, 15) is 13.2 Å². The number of sulfonamides is 1. The SMILES string of the molecule is CC(C)N(CCCC(=O)O)S(=O)(=O)c1cc(Br)ccc1Br. The van der Waals surface area contributed by atoms with Crippen LogP contribution in [-0.4, -0.2) is 36.4 Å². The summed E-state index contributed by atoms with van der Waals surface area (Å²) < 4.78 is 28.0. The predicted octanol–water partition coefficient (Wildman–Crippen LogP) is 3.48. The highest BCUT2D eigenvalue weighted by molar-refractivity contribution is 9.11. The number of halogens is 2. The minimum absolute atomic E-state index is 0.0571. The summed E-state index contributed by atoms with van der Waals surface area (Å²) in [6.07, 6.45) is 0.219. The predicted molar refractivity (Wildman–Crippen MR) is 87.7 cm³/mol. The van der Waals surface area contributed by atoms with Gasteiger partial charge in [0.2, 0.25) is 10.0 Å². The lowest BCUT2D eigenvalue weighted by Gasteiger charge is -2.26. The summed E-state index contributed by atoms with van der Waals surface area (Å²) in [7, 11) is -3.69. The molecule has 0 fully saturated rings. The van der Waals surface area contributed by atoms with Crippen LogP contribution in [0.25, 0.3) is 0 Å². The average Bonchev–Trinajstić information content (AvgIpc) is 2.36. The Morgan fingerprint density at radius 3 is 2.48 bits per heavy atom. The molecule has 1 aromatic carbocycles. The molecule has 118 valence electrons. The fraction of sp³-hybridized carbons (Fsp3) is 0.462. The van der Waals surface area contributed by atoms with Gasteiger partial charge in [0, 0.05) is 28.0 Å². The summed E-state index contributed by atoms with van der Waals surface area (Å²) in [5.74, 6) is -0.931. The van der Waals surface area contributed by atoms with Crippen molar-refractivity contribution in [1.82, 2.24) is 4.31 Å². The van der Waals surface area contributed by atoms with Crippen LogP contribution in [0.15, 0.2) is 32.0 Å². The molecule has 0 aliphatic heterocycles. The number of aliphatic carboxylic acids is 1. The molecule has 5 nitrogen and oxygen atoms in total. The fourth-order valence-electron chi connectivity index (χ4n) is 1.84. The number of carboxylic acids is 1. The molecule has 1 rings (SSSR count). The smallest absolute Gasteiger partial charge is 0.303 e. The quantitative estimate of drug-likeness (QED) is 0.701. The number of rotatable bonds is 7. The minimum Gasteiger partial charge on any atom is -0.481 e. The van der Waals surface area contributed by atoms with E-state index in [1.165, 1.54) is 10.4 Å². The highest BCUT2D eigenvalue weighted by atomic mass is 79.9. The normalized spacial score (nSPS) is 12.1. The van der Waals surface area contributed by atoms with E-state index in [-0.39, 0.29) is 30.3 Å². The lowest BCUT2D eigenvalue weighted by molar-refractivity contribution is -0.137. The highest BCUT2D eigenvalue weighted by Gasteiger charge is 2.28. The van der Waals surface area contributed by atoms with E-state index in [2.05, 4.69) is 31.9 Å². The van der Waals surface area contributed by atoms with Crippen molar-refractivity contribution in [3.05, 3.63) is 27.1 Å². The van der Waals surface area contributed by atoms with Crippen molar-refractivity contribution in [1.29, 1.82) is 0 Å². The molecular weight excluding hydrogens is 426 g/mol. The molecule has 21 heavy (non-hydrogen) atoms. The number of carbonyl (C=O) groups is 1. The standard InChI is InChI=1S/C13H17Br2NO4S/c1-9(2)16(7-3-4-13(17)18)21(19,20)12-8-10(14)5-6-11(12)15/h5-6,8-9H,3-4,7H2,1-2H3,(H,17,18). The first-order valence-electron chi connectivity index (χ1n) is 6.35. The first-order valence-corrected chi connectivity index (χ1v) is 9.37. The van der Waals surface area contributed by atoms with E-state index in [4.69, 9.17) is 5.11 Å². The summed E-state index contributed by atoms with van der Waals surface area (Å²) in [5.41, 5.74) is 0. The molecule has 0 saturated carbocycles. The first-order chi connectivity index (χ1) is 9.66. The Bertz CT molecular complexity index is 617. The van der Waals surface area contributed by atoms with Gasteiger partial charge in [0.25, 0.3) is 0 Å². The number of carboxylic acid groups (broad SMARTS) is 1. The van der Waals surface area contributed by atoms with Gasteiger partial charge in [-0.2, -0.15) is 4.31 Å². The molecule has 0 aliphatic carbocycles. The molecular formula is C13H17Br2NO4S. The van der Waals surface area contributed by atoms with Crippen molar-refractivity contribution in [2.45, 2.75) is 37.6 Å². The van der Waals surface area contributed by atoms with Crippen LogP contribution in [0.3, 0.4) is 0 Å². The molecule has 1 N–H and O–H groups in total. The second-order valence-corrected chi connectivity index (χ2v) is 8.41. The summed E-state index contributed by atoms with van der Waals surface area (Å²) in [5, 5.41) is 8.68. The van der Waals surface area contributed by atoms with Gasteiger partial charge < -0.3 is 5.11 Å². The molecule has 0 unspecified atom stereocenters. The maximum absolute atomic E-state index is 12.8. The lowest BCUT2D eigenvalue weighted by Crippen LogP contribution is -2.38. The fourth-order valence-corrected chi connectivity index (χ4v) is 4.98. The minimum atomic E-state index is -3.69. The monoisotopic (exact) mass is 441 g/mol. The third kappa shape index (κ3) is 5.05. The molecule has 0 bridgehead atoms. The van der Waals surface area contributed by atoms with Crippen LogP contribution in [0.4, 0.5) is 0 Å². The Labute approximate surface area is 141 Å². The Morgan fingerprint density at radius 2 is 1.95 bits per heavy atom. The van der Waals surface area contributed by atoms with Gasteiger partial charge in [-0.15, -0.1) is 0 Å². The topological polar surface area (TPSA) is 74.7 Å². The van der Waals surface area contributed by atoms with Crippen LogP contribution in [0, 0.1) is 0 Å². The van der Waals surface area contributed by atoms with Gasteiger partial charge >= 0.3 is 5.97 Å². The van der Waals surface area contributed by atoms with Crippen molar-refractivity contribution < 1.29 is 18.3 Å². The summed E-state index contributed by atoms with van der Waals surface area (Å²) in [4.78, 5) is 10.8. The summed E-state index contributed by atoms with van der Waals surface area (Å²) in [6.45, 7) is 3.71. The van der Waals surface area contributed by atoms with Crippen molar-refractivity contribution in [3.63, 3.8) is 0 Å². The van der Waals surface area contributed by atoms with Gasteiger partial charge in [0.05, 0.1) is 4.90 Å². The second-order valence-electron chi connectivity index (χ2n) is 4.78. The molecule has 0 aromatic heterocycles. The first kappa shape index (κ1) is 18.6. The maximum Gasteiger partial charge on any atom is 0.303 e. The number of hydrogen-bond acceptors (Lipinski definition) is 3. The second kappa shape index (κ2) is 7.71. The van der Waals surface area contributed by atoms with Gasteiger partial charge in [-0.05, 0) is 54.4 Å². The molecule has 0 spiro atoms. The highest BCUT2D eigenvalue weighted by Crippen LogP contribution is 2.29. The van der Waals surface area contributed by atoms with E-state index in [1.54, 1.807) is 26.0 Å². The lowest BCUT2D eigenvalue weighted by atomic mass is 10.3. The van der Waals surface area contributed by atoms with Gasteiger partial charge in [-0.25, -0.2) is 8.42 Å². The van der Waals surface area contributed by atoms with Gasteiger partial charge in [0.1, 0.15) is 0 Å². The zero-order valence-electron chi connectivity index (χ0n) is 11.7. The molecule has 8 heteroatoms. The van der Waals surface area contributed by atoms with E-state index in [0.717, 1.165) is 0 Å². The van der Waals surface area contributed by atoms with Crippen LogP contribution in [-0.2, 0) is 14.8 Å². The number of nitrogens with zero attached hydrogens (tertiary/aromatic N) is 1. The molecule has 0 heterocycles. The third-order valence-electron chi connectivity index (χ3n) is 2.82. The zero-order chi connectivity index (χ0) is 16.2. The third-order valence-corrected chi connectivity index (χ3v) is 6.39. The van der Waals surface area contributed by atoms with Crippen LogP contribution in [0.1, 0.15) is 26.7 Å². The van der Waals surface area contributed by atoms with Gasteiger partial charge in [-0.3, -0.25) is 4.79 Å². The van der Waals surface area contributed by atoms with Gasteiger partial charge in [-0.1, -0.05) is 15.9 Å².